The zero-order chi connectivity index (χ0) is 20.6. The molecule has 1 aromatic carbocycles. The number of anilines is 2. The van der Waals surface area contributed by atoms with E-state index >= 15 is 0 Å². The third kappa shape index (κ3) is 8.33. The van der Waals surface area contributed by atoms with Crippen LogP contribution >= 0.6 is 19.2 Å². The van der Waals surface area contributed by atoms with Gasteiger partial charge in [0.2, 0.25) is 5.95 Å². The SMILES string of the molecule is CCc1nc(N)nc(N)c1-c1ccc(Cl)cc1.O=C(O)CNCP(=O)(O)O. The molecule has 10 nitrogen and oxygen atoms in total. The van der Waals surface area contributed by atoms with E-state index in [-0.39, 0.29) is 5.95 Å². The van der Waals surface area contributed by atoms with Crippen LogP contribution in [-0.2, 0) is 15.8 Å². The average Bonchev–Trinajstić information content (AvgIpc) is 2.54. The highest BCUT2D eigenvalue weighted by Crippen LogP contribution is 2.31. The second-order valence-electron chi connectivity index (χ2n) is 5.29. The third-order valence-corrected chi connectivity index (χ3v) is 3.98. The maximum Gasteiger partial charge on any atom is 0.339 e. The van der Waals surface area contributed by atoms with Gasteiger partial charge < -0.3 is 26.4 Å². The molecule has 0 aliphatic carbocycles. The Morgan fingerprint density at radius 1 is 1.22 bits per heavy atom. The van der Waals surface area contributed by atoms with E-state index in [9.17, 15) is 9.36 Å². The smallest absolute Gasteiger partial charge is 0.339 e. The first-order valence-electron chi connectivity index (χ1n) is 7.68. The van der Waals surface area contributed by atoms with Gasteiger partial charge in [0.05, 0.1) is 18.5 Å². The number of halogens is 1. The van der Waals surface area contributed by atoms with Gasteiger partial charge in [0, 0.05) is 10.6 Å². The van der Waals surface area contributed by atoms with Crippen molar-refractivity contribution in [2.45, 2.75) is 13.3 Å². The number of aliphatic carboxylic acids is 1. The highest BCUT2D eigenvalue weighted by Gasteiger charge is 2.12. The van der Waals surface area contributed by atoms with Crippen molar-refractivity contribution in [3.05, 3.63) is 35.0 Å². The van der Waals surface area contributed by atoms with Crippen molar-refractivity contribution >= 4 is 36.9 Å². The first-order valence-corrected chi connectivity index (χ1v) is 9.86. The van der Waals surface area contributed by atoms with Crippen molar-refractivity contribution in [3.8, 4) is 11.1 Å². The van der Waals surface area contributed by atoms with Crippen LogP contribution in [0.3, 0.4) is 0 Å². The fourth-order valence-corrected chi connectivity index (χ4v) is 2.57. The van der Waals surface area contributed by atoms with Gasteiger partial charge in [-0.3, -0.25) is 14.7 Å². The Kier molecular flexibility index (Phi) is 8.61. The number of nitrogens with two attached hydrogens (primary N) is 2. The van der Waals surface area contributed by atoms with Crippen molar-refractivity contribution < 1.29 is 24.3 Å². The number of nitrogens with zero attached hydrogens (tertiary/aromatic N) is 2. The second kappa shape index (κ2) is 10.2. The summed E-state index contributed by atoms with van der Waals surface area (Å²) >= 11 is 5.86. The van der Waals surface area contributed by atoms with Gasteiger partial charge in [-0.1, -0.05) is 30.7 Å². The Hall–Kier alpha value is -2.23. The number of carboxylic acids is 1. The number of benzene rings is 1. The molecular weight excluding hydrogens is 397 g/mol. The number of hydrogen-bond donors (Lipinski definition) is 6. The summed E-state index contributed by atoms with van der Waals surface area (Å²) in [6.07, 6.45) is 0.147. The summed E-state index contributed by atoms with van der Waals surface area (Å²) in [7, 11) is -4.10. The van der Waals surface area contributed by atoms with E-state index in [1.165, 1.54) is 0 Å². The Balaban J connectivity index is 0.000000314. The van der Waals surface area contributed by atoms with E-state index in [0.29, 0.717) is 10.8 Å². The standard InChI is InChI=1S/C12H13ClN4.C3H8NO5P/c1-2-9-10(11(14)17-12(15)16-9)7-3-5-8(13)6-4-7;5-3(6)1-4-2-10(7,8)9/h3-6H,2H2,1H3,(H4,14,15,16,17);4H,1-2H2,(H,5,6)(H2,7,8,9). The number of carbonyl (C=O) groups is 1. The molecule has 148 valence electrons. The summed E-state index contributed by atoms with van der Waals surface area (Å²) in [5, 5.41) is 10.7. The Morgan fingerprint density at radius 3 is 2.30 bits per heavy atom. The lowest BCUT2D eigenvalue weighted by Crippen LogP contribution is -2.23. The summed E-state index contributed by atoms with van der Waals surface area (Å²) in [5.41, 5.74) is 14.1. The lowest BCUT2D eigenvalue weighted by molar-refractivity contribution is -0.135. The minimum Gasteiger partial charge on any atom is -0.480 e. The molecule has 0 saturated heterocycles. The first-order chi connectivity index (χ1) is 12.5. The molecule has 2 rings (SSSR count). The minimum absolute atomic E-state index is 0.206. The van der Waals surface area contributed by atoms with E-state index in [1.807, 2.05) is 31.2 Å². The van der Waals surface area contributed by atoms with Gasteiger partial charge in [0.25, 0.3) is 0 Å². The Bertz CT molecular complexity index is 828. The van der Waals surface area contributed by atoms with Crippen LogP contribution in [0.2, 0.25) is 5.02 Å². The molecule has 0 fully saturated rings. The van der Waals surface area contributed by atoms with E-state index < -0.39 is 26.4 Å². The predicted octanol–water partition coefficient (Wildman–Crippen LogP) is 1.32. The molecule has 0 unspecified atom stereocenters. The second-order valence-corrected chi connectivity index (χ2v) is 7.37. The van der Waals surface area contributed by atoms with Gasteiger partial charge in [-0.05, 0) is 24.1 Å². The molecule has 2 aromatic rings. The van der Waals surface area contributed by atoms with Gasteiger partial charge in [0.15, 0.2) is 0 Å². The van der Waals surface area contributed by atoms with Gasteiger partial charge >= 0.3 is 13.6 Å². The molecule has 0 saturated carbocycles. The summed E-state index contributed by atoms with van der Waals surface area (Å²) in [5.74, 6) is -0.540. The predicted molar refractivity (Wildman–Crippen MR) is 103 cm³/mol. The number of rotatable bonds is 6. The van der Waals surface area contributed by atoms with Crippen molar-refractivity contribution in [2.24, 2.45) is 0 Å². The fraction of sp³-hybridized carbons (Fsp3) is 0.267. The topological polar surface area (TPSA) is 185 Å². The molecule has 0 aliphatic heterocycles. The Labute approximate surface area is 160 Å². The molecule has 0 atom stereocenters. The van der Waals surface area contributed by atoms with Crippen molar-refractivity contribution in [1.82, 2.24) is 15.3 Å². The van der Waals surface area contributed by atoms with E-state index in [0.717, 1.165) is 23.2 Å². The minimum atomic E-state index is -4.10. The zero-order valence-electron chi connectivity index (χ0n) is 14.5. The summed E-state index contributed by atoms with van der Waals surface area (Å²) < 4.78 is 10.1. The number of nitrogen functional groups attached to an aromatic ring is 2. The maximum atomic E-state index is 10.1. The molecule has 0 bridgehead atoms. The van der Waals surface area contributed by atoms with E-state index in [1.54, 1.807) is 0 Å². The Morgan fingerprint density at radius 2 is 1.81 bits per heavy atom. The lowest BCUT2D eigenvalue weighted by Gasteiger charge is -2.10. The number of hydrogen-bond acceptors (Lipinski definition) is 7. The van der Waals surface area contributed by atoms with Crippen LogP contribution in [0, 0.1) is 0 Å². The highest BCUT2D eigenvalue weighted by molar-refractivity contribution is 7.51. The number of aryl methyl sites for hydroxylation is 1. The molecule has 1 heterocycles. The third-order valence-electron chi connectivity index (χ3n) is 3.09. The summed E-state index contributed by atoms with van der Waals surface area (Å²) in [6.45, 7) is 1.56. The molecule has 0 aliphatic rings. The monoisotopic (exact) mass is 417 g/mol. The van der Waals surface area contributed by atoms with Gasteiger partial charge in [-0.15, -0.1) is 0 Å². The van der Waals surface area contributed by atoms with Crippen LogP contribution < -0.4 is 16.8 Å². The largest absolute Gasteiger partial charge is 0.480 e. The molecule has 27 heavy (non-hydrogen) atoms. The number of carboxylic acid groups (broad SMARTS) is 1. The zero-order valence-corrected chi connectivity index (χ0v) is 16.1. The normalized spacial score (nSPS) is 10.8. The van der Waals surface area contributed by atoms with E-state index in [2.05, 4.69) is 15.3 Å². The molecule has 8 N–H and O–H groups in total. The van der Waals surface area contributed by atoms with Crippen molar-refractivity contribution in [3.63, 3.8) is 0 Å². The molecule has 1 aromatic heterocycles. The summed E-state index contributed by atoms with van der Waals surface area (Å²) in [6, 6.07) is 7.41. The first kappa shape index (κ1) is 22.8. The average molecular weight is 418 g/mol. The lowest BCUT2D eigenvalue weighted by atomic mass is 10.0. The summed E-state index contributed by atoms with van der Waals surface area (Å²) in [4.78, 5) is 34.3. The van der Waals surface area contributed by atoms with Crippen LogP contribution in [0.1, 0.15) is 12.6 Å². The van der Waals surface area contributed by atoms with Crippen LogP contribution in [0.15, 0.2) is 24.3 Å². The van der Waals surface area contributed by atoms with Crippen LogP contribution in [0.5, 0.6) is 0 Å². The van der Waals surface area contributed by atoms with E-state index in [4.69, 9.17) is 38.0 Å². The van der Waals surface area contributed by atoms with Crippen LogP contribution in [0.25, 0.3) is 11.1 Å². The number of aromatic nitrogens is 2. The van der Waals surface area contributed by atoms with Gasteiger partial charge in [0.1, 0.15) is 5.82 Å². The number of nitrogens with one attached hydrogen (secondary N) is 1. The highest BCUT2D eigenvalue weighted by atomic mass is 35.5. The van der Waals surface area contributed by atoms with Crippen LogP contribution in [0.4, 0.5) is 11.8 Å². The molecule has 0 amide bonds. The van der Waals surface area contributed by atoms with Crippen molar-refractivity contribution in [2.75, 3.05) is 24.3 Å². The van der Waals surface area contributed by atoms with Gasteiger partial charge in [-0.25, -0.2) is 4.98 Å². The van der Waals surface area contributed by atoms with Gasteiger partial charge in [-0.2, -0.15) is 4.98 Å². The quantitative estimate of drug-likeness (QED) is 0.374. The maximum absolute atomic E-state index is 10.1. The van der Waals surface area contributed by atoms with Crippen molar-refractivity contribution in [1.29, 1.82) is 0 Å². The molecule has 0 radical (unpaired) electrons. The van der Waals surface area contributed by atoms with Crippen LogP contribution in [-0.4, -0.2) is 43.7 Å². The fourth-order valence-electron chi connectivity index (χ4n) is 2.04. The molecule has 0 spiro atoms. The molecular formula is C15H21ClN5O5P. The molecule has 12 heteroatoms.